The van der Waals surface area contributed by atoms with Gasteiger partial charge in [0, 0.05) is 24.0 Å². The van der Waals surface area contributed by atoms with Gasteiger partial charge >= 0.3 is 0 Å². The Morgan fingerprint density at radius 1 is 1.41 bits per heavy atom. The van der Waals surface area contributed by atoms with E-state index in [1.54, 1.807) is 19.3 Å². The zero-order chi connectivity index (χ0) is 21.0. The van der Waals surface area contributed by atoms with Crippen LogP contribution in [0.5, 0.6) is 5.88 Å². The molecule has 29 heavy (non-hydrogen) atoms. The van der Waals surface area contributed by atoms with Crippen molar-refractivity contribution < 1.29 is 9.53 Å². The first-order valence-electron chi connectivity index (χ1n) is 9.57. The maximum Gasteiger partial charge on any atom is 0.222 e. The molecule has 0 saturated carbocycles. The molecule has 3 heterocycles. The number of ketones is 1. The number of aromatic nitrogens is 4. The molecule has 8 heteroatoms. The number of hydrogen-bond acceptors (Lipinski definition) is 7. The van der Waals surface area contributed by atoms with Gasteiger partial charge < -0.3 is 15.8 Å². The molecule has 0 aliphatic rings. The topological polar surface area (TPSA) is 108 Å². The molecule has 0 unspecified atom stereocenters. The van der Waals surface area contributed by atoms with Gasteiger partial charge in [-0.15, -0.1) is 0 Å². The van der Waals surface area contributed by atoms with Crippen molar-refractivity contribution in [3.8, 4) is 17.1 Å². The molecule has 0 fully saturated rings. The van der Waals surface area contributed by atoms with E-state index in [0.717, 1.165) is 22.3 Å². The molecule has 0 aromatic carbocycles. The Morgan fingerprint density at radius 3 is 2.90 bits per heavy atom. The van der Waals surface area contributed by atoms with Gasteiger partial charge in [0.25, 0.3) is 0 Å². The van der Waals surface area contributed by atoms with Crippen molar-refractivity contribution in [1.82, 2.24) is 19.7 Å². The number of nitrogens with one attached hydrogen (secondary N) is 1. The Hall–Kier alpha value is -3.42. The predicted molar refractivity (Wildman–Crippen MR) is 114 cm³/mol. The molecule has 0 bridgehead atoms. The number of rotatable bonds is 8. The lowest BCUT2D eigenvalue weighted by atomic mass is 10.1. The lowest BCUT2D eigenvalue weighted by molar-refractivity contribution is -0.113. The summed E-state index contributed by atoms with van der Waals surface area (Å²) >= 11 is 0. The van der Waals surface area contributed by atoms with E-state index in [0.29, 0.717) is 23.9 Å². The molecule has 0 radical (unpaired) electrons. The summed E-state index contributed by atoms with van der Waals surface area (Å²) in [5.41, 5.74) is 9.88. The lowest BCUT2D eigenvalue weighted by Crippen LogP contribution is -2.14. The number of carbonyl (C=O) groups excluding carboxylic acids is 1. The number of hydrogen-bond donors (Lipinski definition) is 2. The quantitative estimate of drug-likeness (QED) is 0.564. The molecular formula is C21H26N6O2. The van der Waals surface area contributed by atoms with Crippen molar-refractivity contribution in [3.63, 3.8) is 0 Å². The van der Waals surface area contributed by atoms with Gasteiger partial charge in [0.1, 0.15) is 11.0 Å². The summed E-state index contributed by atoms with van der Waals surface area (Å²) in [4.78, 5) is 21.2. The van der Waals surface area contributed by atoms with Gasteiger partial charge in [-0.1, -0.05) is 0 Å². The van der Waals surface area contributed by atoms with Crippen molar-refractivity contribution in [3.05, 3.63) is 42.4 Å². The van der Waals surface area contributed by atoms with Crippen LogP contribution in [0.25, 0.3) is 22.3 Å². The highest BCUT2D eigenvalue weighted by molar-refractivity contribution is 5.97. The standard InChI is InChI=1S/C21H26N6O2/c1-5-29-21-16(7-6-8-23-21)17-10-18(24-11-15(28)9-14(4)22)20-19(26-17)12-25-27(20)13(2)3/h6-10,12-13H,5,11,22H2,1-4H3,(H,24,26). The molecule has 3 aromatic rings. The van der Waals surface area contributed by atoms with E-state index in [1.165, 1.54) is 6.08 Å². The lowest BCUT2D eigenvalue weighted by Gasteiger charge is -2.14. The molecule has 0 aliphatic carbocycles. The van der Waals surface area contributed by atoms with Crippen molar-refractivity contribution in [2.24, 2.45) is 5.73 Å². The average Bonchev–Trinajstić information content (AvgIpc) is 3.10. The van der Waals surface area contributed by atoms with Crippen LogP contribution in [-0.4, -0.2) is 38.7 Å². The van der Waals surface area contributed by atoms with Crippen LogP contribution >= 0.6 is 0 Å². The second-order valence-electron chi connectivity index (χ2n) is 6.97. The molecule has 0 amide bonds. The predicted octanol–water partition coefficient (Wildman–Crippen LogP) is 3.32. The summed E-state index contributed by atoms with van der Waals surface area (Å²) in [5.74, 6) is 0.408. The second-order valence-corrected chi connectivity index (χ2v) is 6.97. The molecule has 0 atom stereocenters. The van der Waals surface area contributed by atoms with E-state index in [-0.39, 0.29) is 18.4 Å². The van der Waals surface area contributed by atoms with Crippen molar-refractivity contribution in [1.29, 1.82) is 0 Å². The van der Waals surface area contributed by atoms with Gasteiger partial charge in [-0.25, -0.2) is 9.97 Å². The Balaban J connectivity index is 2.10. The third-order valence-corrected chi connectivity index (χ3v) is 4.21. The summed E-state index contributed by atoms with van der Waals surface area (Å²) in [5, 5.41) is 7.70. The van der Waals surface area contributed by atoms with Crippen LogP contribution < -0.4 is 15.8 Å². The van der Waals surface area contributed by atoms with E-state index in [9.17, 15) is 4.79 Å². The molecule has 0 saturated heterocycles. The van der Waals surface area contributed by atoms with Crippen LogP contribution in [0.2, 0.25) is 0 Å². The summed E-state index contributed by atoms with van der Waals surface area (Å²) in [6, 6.07) is 5.79. The van der Waals surface area contributed by atoms with E-state index < -0.39 is 0 Å². The number of fused-ring (bicyclic) bond motifs is 1. The van der Waals surface area contributed by atoms with E-state index in [2.05, 4.69) is 15.4 Å². The fourth-order valence-corrected chi connectivity index (χ4v) is 3.05. The van der Waals surface area contributed by atoms with Gasteiger partial charge in [0.2, 0.25) is 5.88 Å². The Bertz CT molecular complexity index is 1050. The number of anilines is 1. The first-order valence-corrected chi connectivity index (χ1v) is 9.57. The number of pyridine rings is 2. The third kappa shape index (κ3) is 4.53. The molecule has 3 aromatic heterocycles. The molecule has 0 aliphatic heterocycles. The van der Waals surface area contributed by atoms with Crippen molar-refractivity contribution in [2.75, 3.05) is 18.5 Å². The number of carbonyl (C=O) groups is 1. The minimum atomic E-state index is -0.108. The first kappa shape index (κ1) is 20.3. The average molecular weight is 394 g/mol. The van der Waals surface area contributed by atoms with E-state index in [1.807, 2.05) is 43.7 Å². The molecule has 8 nitrogen and oxygen atoms in total. The van der Waals surface area contributed by atoms with Crippen molar-refractivity contribution in [2.45, 2.75) is 33.7 Å². The minimum Gasteiger partial charge on any atom is -0.477 e. The largest absolute Gasteiger partial charge is 0.477 e. The zero-order valence-electron chi connectivity index (χ0n) is 17.1. The van der Waals surface area contributed by atoms with Crippen LogP contribution in [0.4, 0.5) is 5.69 Å². The van der Waals surface area contributed by atoms with Crippen LogP contribution in [0, 0.1) is 0 Å². The SMILES string of the molecule is CCOc1ncccc1-c1cc(NCC(=O)C=C(C)N)c2c(cnn2C(C)C)n1. The smallest absolute Gasteiger partial charge is 0.222 e. The van der Waals surface area contributed by atoms with Gasteiger partial charge in [-0.05, 0) is 45.9 Å². The highest BCUT2D eigenvalue weighted by atomic mass is 16.5. The zero-order valence-corrected chi connectivity index (χ0v) is 17.1. The van der Waals surface area contributed by atoms with Crippen LogP contribution in [-0.2, 0) is 4.79 Å². The summed E-state index contributed by atoms with van der Waals surface area (Å²) in [7, 11) is 0. The molecule has 3 rings (SSSR count). The number of ether oxygens (including phenoxy) is 1. The first-order chi connectivity index (χ1) is 13.9. The maximum atomic E-state index is 12.1. The fraction of sp³-hybridized carbons (Fsp3) is 0.333. The Labute approximate surface area is 169 Å². The second kappa shape index (κ2) is 8.72. The van der Waals surface area contributed by atoms with E-state index in [4.69, 9.17) is 15.5 Å². The highest BCUT2D eigenvalue weighted by Crippen LogP contribution is 2.33. The Morgan fingerprint density at radius 2 is 2.21 bits per heavy atom. The van der Waals surface area contributed by atoms with Crippen molar-refractivity contribution >= 4 is 22.5 Å². The molecular weight excluding hydrogens is 368 g/mol. The highest BCUT2D eigenvalue weighted by Gasteiger charge is 2.17. The van der Waals surface area contributed by atoms with E-state index >= 15 is 0 Å². The van der Waals surface area contributed by atoms with Gasteiger partial charge in [0.05, 0.1) is 36.3 Å². The van der Waals surface area contributed by atoms with Crippen LogP contribution in [0.1, 0.15) is 33.7 Å². The van der Waals surface area contributed by atoms with Crippen LogP contribution in [0.3, 0.4) is 0 Å². The molecule has 152 valence electrons. The summed E-state index contributed by atoms with van der Waals surface area (Å²) in [6.45, 7) is 8.30. The third-order valence-electron chi connectivity index (χ3n) is 4.21. The number of nitrogens with zero attached hydrogens (tertiary/aromatic N) is 4. The normalized spacial score (nSPS) is 11.8. The summed E-state index contributed by atoms with van der Waals surface area (Å²) < 4.78 is 7.55. The molecule has 0 spiro atoms. The summed E-state index contributed by atoms with van der Waals surface area (Å²) in [6.07, 6.45) is 4.83. The van der Waals surface area contributed by atoms with Crippen LogP contribution in [0.15, 0.2) is 42.4 Å². The Kier molecular flexibility index (Phi) is 6.11. The van der Waals surface area contributed by atoms with Gasteiger partial charge in [-0.2, -0.15) is 5.10 Å². The number of allylic oxidation sites excluding steroid dienone is 1. The fourth-order valence-electron chi connectivity index (χ4n) is 3.05. The monoisotopic (exact) mass is 394 g/mol. The number of nitrogens with two attached hydrogens (primary N) is 1. The van der Waals surface area contributed by atoms with Gasteiger partial charge in [-0.3, -0.25) is 9.48 Å². The maximum absolute atomic E-state index is 12.1. The molecule has 3 N–H and O–H groups in total. The van der Waals surface area contributed by atoms with Gasteiger partial charge in [0.15, 0.2) is 5.78 Å². The minimum absolute atomic E-state index is 0.108.